The number of carbonyl (C=O) groups is 1. The Balaban J connectivity index is 2.08. The lowest BCUT2D eigenvalue weighted by Crippen LogP contribution is -2.13. The maximum atomic E-state index is 11.8. The van der Waals surface area contributed by atoms with Crippen LogP contribution in [-0.2, 0) is 11.4 Å². The van der Waals surface area contributed by atoms with Gasteiger partial charge in [0.25, 0.3) is 5.91 Å². The molecule has 8 nitrogen and oxygen atoms in total. The molecule has 1 heterocycles. The molecule has 1 atom stereocenters. The van der Waals surface area contributed by atoms with E-state index in [-0.39, 0.29) is 5.76 Å². The number of nitrogens with two attached hydrogens (primary N) is 1. The first kappa shape index (κ1) is 14.1. The van der Waals surface area contributed by atoms with Gasteiger partial charge < -0.3 is 14.3 Å². The third kappa shape index (κ3) is 3.15. The van der Waals surface area contributed by atoms with Crippen LogP contribution in [0.3, 0.4) is 0 Å². The molecule has 0 aliphatic heterocycles. The molecule has 0 radical (unpaired) electrons. The molecule has 1 unspecified atom stereocenters. The van der Waals surface area contributed by atoms with E-state index >= 15 is 0 Å². The van der Waals surface area contributed by atoms with Crippen LogP contribution in [0.4, 0.5) is 11.6 Å². The molecule has 104 valence electrons. The van der Waals surface area contributed by atoms with E-state index < -0.39 is 28.1 Å². The summed E-state index contributed by atoms with van der Waals surface area (Å²) in [6, 6.07) is 8.31. The van der Waals surface area contributed by atoms with E-state index in [9.17, 15) is 19.5 Å². The molecule has 0 bridgehead atoms. The van der Waals surface area contributed by atoms with Crippen molar-refractivity contribution >= 4 is 28.8 Å². The van der Waals surface area contributed by atoms with Crippen molar-refractivity contribution in [2.75, 3.05) is 5.32 Å². The number of furan rings is 1. The molecule has 0 aliphatic rings. The van der Waals surface area contributed by atoms with Gasteiger partial charge in [-0.05, 0) is 30.3 Å². The zero-order valence-corrected chi connectivity index (χ0v) is 10.8. The standard InChI is InChI=1S/C11H9N3O5S/c12-20(18)8-3-1-7(2-4-8)13-11(15)9-5-6-10(19-9)14(16)17/h1-6H,12H2,(H,13,15). The maximum Gasteiger partial charge on any atom is 0.433 e. The number of rotatable bonds is 4. The summed E-state index contributed by atoms with van der Waals surface area (Å²) >= 11 is -1.59. The molecule has 3 N–H and O–H groups in total. The monoisotopic (exact) mass is 295 g/mol. The number of hydrogen-bond donors (Lipinski definition) is 2. The Bertz CT molecular complexity index is 638. The number of amides is 1. The highest BCUT2D eigenvalue weighted by Crippen LogP contribution is 2.18. The summed E-state index contributed by atoms with van der Waals surface area (Å²) in [6.45, 7) is 0. The van der Waals surface area contributed by atoms with Crippen LogP contribution in [0.15, 0.2) is 45.7 Å². The molecule has 9 heteroatoms. The van der Waals surface area contributed by atoms with Crippen molar-refractivity contribution in [3.63, 3.8) is 0 Å². The number of nitrogens with zero attached hydrogens (tertiary/aromatic N) is 1. The average Bonchev–Trinajstić information content (AvgIpc) is 2.89. The molecule has 0 aliphatic carbocycles. The van der Waals surface area contributed by atoms with E-state index in [0.29, 0.717) is 10.6 Å². The van der Waals surface area contributed by atoms with Crippen LogP contribution in [-0.4, -0.2) is 15.4 Å². The fourth-order valence-corrected chi connectivity index (χ4v) is 1.82. The lowest BCUT2D eigenvalue weighted by atomic mass is 10.3. The van der Waals surface area contributed by atoms with Gasteiger partial charge in [0.15, 0.2) is 10.7 Å². The third-order valence-electron chi connectivity index (χ3n) is 2.34. The minimum absolute atomic E-state index is 0.178. The molecule has 0 saturated carbocycles. The van der Waals surface area contributed by atoms with Crippen LogP contribution in [0.1, 0.15) is 10.6 Å². The number of nitrogens with one attached hydrogen (secondary N) is 1. The molecule has 0 fully saturated rings. The normalized spacial score (nSPS) is 11.9. The number of carbonyl (C=O) groups excluding carboxylic acids is 1. The molecule has 0 spiro atoms. The first-order valence-corrected chi connectivity index (χ1v) is 6.50. The van der Waals surface area contributed by atoms with Crippen molar-refractivity contribution in [1.29, 1.82) is 0 Å². The Labute approximate surface area is 116 Å². The summed E-state index contributed by atoms with van der Waals surface area (Å²) in [5, 5.41) is 18.1. The van der Waals surface area contributed by atoms with Gasteiger partial charge in [-0.1, -0.05) is 0 Å². The highest BCUT2D eigenvalue weighted by Gasteiger charge is 2.17. The summed E-state index contributed by atoms with van der Waals surface area (Å²) in [7, 11) is 0. The van der Waals surface area contributed by atoms with Gasteiger partial charge in [0.1, 0.15) is 4.92 Å². The first-order valence-electron chi connectivity index (χ1n) is 5.29. The van der Waals surface area contributed by atoms with E-state index in [2.05, 4.69) is 5.32 Å². The second-order valence-corrected chi connectivity index (χ2v) is 4.74. The molecule has 20 heavy (non-hydrogen) atoms. The largest absolute Gasteiger partial charge is 0.593 e. The highest BCUT2D eigenvalue weighted by molar-refractivity contribution is 7.89. The van der Waals surface area contributed by atoms with E-state index in [1.807, 2.05) is 0 Å². The van der Waals surface area contributed by atoms with Gasteiger partial charge in [0.05, 0.1) is 17.4 Å². The molecule has 2 aromatic rings. The molecule has 2 rings (SSSR count). The zero-order chi connectivity index (χ0) is 14.7. The van der Waals surface area contributed by atoms with Crippen LogP contribution >= 0.6 is 0 Å². The van der Waals surface area contributed by atoms with Crippen LogP contribution in [0.25, 0.3) is 0 Å². The van der Waals surface area contributed by atoms with Crippen molar-refractivity contribution in [3.05, 3.63) is 52.3 Å². The van der Waals surface area contributed by atoms with E-state index in [1.54, 1.807) is 0 Å². The fraction of sp³-hybridized carbons (Fsp3) is 0. The van der Waals surface area contributed by atoms with Gasteiger partial charge in [0.2, 0.25) is 0 Å². The summed E-state index contributed by atoms with van der Waals surface area (Å²) in [4.78, 5) is 21.9. The van der Waals surface area contributed by atoms with E-state index in [1.165, 1.54) is 30.3 Å². The SMILES string of the molecule is N[S+]([O-])c1ccc(NC(=O)c2ccc([N+](=O)[O-])o2)cc1. The Morgan fingerprint density at radius 3 is 2.40 bits per heavy atom. The molecular weight excluding hydrogens is 286 g/mol. The molecule has 1 aromatic carbocycles. The second-order valence-electron chi connectivity index (χ2n) is 3.67. The minimum atomic E-state index is -1.59. The van der Waals surface area contributed by atoms with Gasteiger partial charge >= 0.3 is 5.88 Å². The minimum Gasteiger partial charge on any atom is -0.593 e. The van der Waals surface area contributed by atoms with Gasteiger partial charge in [0, 0.05) is 5.69 Å². The quantitative estimate of drug-likeness (QED) is 0.497. The topological polar surface area (TPSA) is 134 Å². The van der Waals surface area contributed by atoms with Crippen molar-refractivity contribution in [3.8, 4) is 0 Å². The van der Waals surface area contributed by atoms with Gasteiger partial charge in [-0.15, -0.1) is 5.14 Å². The Kier molecular flexibility index (Phi) is 4.03. The summed E-state index contributed by atoms with van der Waals surface area (Å²) in [5.41, 5.74) is 0.420. The lowest BCUT2D eigenvalue weighted by Gasteiger charge is -2.05. The summed E-state index contributed by atoms with van der Waals surface area (Å²) < 4.78 is 15.8. The molecule has 0 saturated heterocycles. The molecule has 1 aromatic heterocycles. The van der Waals surface area contributed by atoms with Crippen LogP contribution in [0.2, 0.25) is 0 Å². The number of anilines is 1. The van der Waals surface area contributed by atoms with Crippen LogP contribution in [0, 0.1) is 10.1 Å². The Morgan fingerprint density at radius 1 is 1.25 bits per heavy atom. The van der Waals surface area contributed by atoms with Crippen LogP contribution < -0.4 is 10.5 Å². The first-order chi connectivity index (χ1) is 9.47. The van der Waals surface area contributed by atoms with Crippen LogP contribution in [0.5, 0.6) is 0 Å². The zero-order valence-electron chi connectivity index (χ0n) is 9.94. The Morgan fingerprint density at radius 2 is 1.90 bits per heavy atom. The summed E-state index contributed by atoms with van der Waals surface area (Å²) in [6.07, 6.45) is 0. The Hall–Kier alpha value is -2.36. The molecular formula is C11H9N3O5S. The number of benzene rings is 1. The predicted octanol–water partition coefficient (Wildman–Crippen LogP) is 1.42. The molecule has 1 amide bonds. The van der Waals surface area contributed by atoms with E-state index in [4.69, 9.17) is 9.56 Å². The van der Waals surface area contributed by atoms with Gasteiger partial charge in [-0.2, -0.15) is 0 Å². The van der Waals surface area contributed by atoms with E-state index in [0.717, 1.165) is 6.07 Å². The van der Waals surface area contributed by atoms with Gasteiger partial charge in [-0.25, -0.2) is 0 Å². The fourth-order valence-electron chi connectivity index (χ4n) is 1.41. The van der Waals surface area contributed by atoms with Gasteiger partial charge in [-0.3, -0.25) is 14.9 Å². The van der Waals surface area contributed by atoms with Crippen molar-refractivity contribution in [2.24, 2.45) is 5.14 Å². The second kappa shape index (κ2) is 5.74. The lowest BCUT2D eigenvalue weighted by molar-refractivity contribution is -0.402. The van der Waals surface area contributed by atoms with Crippen molar-refractivity contribution < 1.29 is 18.7 Å². The number of nitro groups is 1. The number of hydrogen-bond acceptors (Lipinski definition) is 6. The maximum absolute atomic E-state index is 11.8. The average molecular weight is 295 g/mol. The van der Waals surface area contributed by atoms with Crippen molar-refractivity contribution in [2.45, 2.75) is 4.90 Å². The van der Waals surface area contributed by atoms with Crippen molar-refractivity contribution in [1.82, 2.24) is 0 Å². The summed E-state index contributed by atoms with van der Waals surface area (Å²) in [5.74, 6) is -1.31. The third-order valence-corrected chi connectivity index (χ3v) is 3.08. The highest BCUT2D eigenvalue weighted by atomic mass is 32.2. The predicted molar refractivity (Wildman–Crippen MR) is 70.4 cm³/mol. The smallest absolute Gasteiger partial charge is 0.433 e.